The minimum absolute atomic E-state index is 0.707. The second-order valence-corrected chi connectivity index (χ2v) is 4.85. The number of hydrogen-bond donors (Lipinski definition) is 1. The van der Waals surface area contributed by atoms with Gasteiger partial charge in [0, 0.05) is 30.7 Å². The van der Waals surface area contributed by atoms with E-state index in [0.29, 0.717) is 5.92 Å². The minimum Gasteiger partial charge on any atom is -0.312 e. The largest absolute Gasteiger partial charge is 0.312 e. The summed E-state index contributed by atoms with van der Waals surface area (Å²) in [5, 5.41) is 7.76. The average molecular weight is 258 g/mol. The molecule has 17 heavy (non-hydrogen) atoms. The molecular weight excluding hydrogens is 234 g/mol. The monoisotopic (exact) mass is 257 g/mol. The minimum atomic E-state index is 0.707. The van der Waals surface area contributed by atoms with E-state index in [4.69, 9.17) is 11.6 Å². The topological polar surface area (TPSA) is 29.9 Å². The van der Waals surface area contributed by atoms with E-state index >= 15 is 0 Å². The predicted molar refractivity (Wildman–Crippen MR) is 73.3 cm³/mol. The number of aryl methyl sites for hydroxylation is 1. The Hall–Kier alpha value is -0.540. The molecule has 1 rings (SSSR count). The molecule has 0 radical (unpaired) electrons. The molecule has 0 aromatic carbocycles. The lowest BCUT2D eigenvalue weighted by Gasteiger charge is -2.15. The second-order valence-electron chi connectivity index (χ2n) is 4.47. The number of rotatable bonds is 9. The van der Waals surface area contributed by atoms with Crippen LogP contribution < -0.4 is 5.32 Å². The number of nitrogens with one attached hydrogen (secondary N) is 1. The first kappa shape index (κ1) is 14.5. The van der Waals surface area contributed by atoms with Crippen LogP contribution >= 0.6 is 11.6 Å². The molecule has 0 aliphatic rings. The summed E-state index contributed by atoms with van der Waals surface area (Å²) in [5.41, 5.74) is 1.26. The van der Waals surface area contributed by atoms with Gasteiger partial charge in [0.15, 0.2) is 0 Å². The quantitative estimate of drug-likeness (QED) is 0.689. The Morgan fingerprint density at radius 3 is 2.82 bits per heavy atom. The zero-order chi connectivity index (χ0) is 12.5. The van der Waals surface area contributed by atoms with E-state index in [1.165, 1.54) is 18.4 Å². The molecule has 4 heteroatoms. The predicted octanol–water partition coefficient (Wildman–Crippen LogP) is 3.04. The first-order valence-electron chi connectivity index (χ1n) is 6.58. The average Bonchev–Trinajstić information content (AvgIpc) is 2.77. The highest BCUT2D eigenvalue weighted by Gasteiger charge is 2.06. The maximum Gasteiger partial charge on any atom is 0.0534 e. The van der Waals surface area contributed by atoms with Crippen LogP contribution in [0.15, 0.2) is 12.4 Å². The summed E-state index contributed by atoms with van der Waals surface area (Å²) in [6.45, 7) is 7.22. The smallest absolute Gasteiger partial charge is 0.0534 e. The first-order valence-corrected chi connectivity index (χ1v) is 7.11. The fourth-order valence-corrected chi connectivity index (χ4v) is 2.31. The van der Waals surface area contributed by atoms with Crippen molar-refractivity contribution < 1.29 is 0 Å². The molecule has 0 bridgehead atoms. The van der Waals surface area contributed by atoms with Crippen molar-refractivity contribution in [3.05, 3.63) is 18.0 Å². The van der Waals surface area contributed by atoms with Gasteiger partial charge >= 0.3 is 0 Å². The van der Waals surface area contributed by atoms with Crippen molar-refractivity contribution in [3.8, 4) is 0 Å². The lowest BCUT2D eigenvalue weighted by Crippen LogP contribution is -2.22. The third-order valence-electron chi connectivity index (χ3n) is 2.99. The molecule has 1 atom stereocenters. The molecule has 0 saturated carbocycles. The van der Waals surface area contributed by atoms with E-state index in [1.54, 1.807) is 0 Å². The highest BCUT2D eigenvalue weighted by atomic mass is 35.5. The van der Waals surface area contributed by atoms with Crippen molar-refractivity contribution in [2.45, 2.75) is 46.2 Å². The fraction of sp³-hybridized carbons (Fsp3) is 0.769. The third-order valence-corrected chi connectivity index (χ3v) is 3.21. The van der Waals surface area contributed by atoms with Gasteiger partial charge < -0.3 is 5.32 Å². The van der Waals surface area contributed by atoms with E-state index in [-0.39, 0.29) is 0 Å². The number of aromatic nitrogens is 2. The SMILES string of the molecule is CCCC(CCCl)CNCc1cnn(CC)c1. The van der Waals surface area contributed by atoms with Crippen molar-refractivity contribution in [2.75, 3.05) is 12.4 Å². The Labute approximate surface area is 110 Å². The molecule has 0 fully saturated rings. The standard InChI is InChI=1S/C13H24ClN3/c1-3-5-12(6-7-14)8-15-9-13-10-16-17(4-2)11-13/h10-12,15H,3-9H2,1-2H3. The molecule has 3 nitrogen and oxygen atoms in total. The molecule has 1 aromatic heterocycles. The lowest BCUT2D eigenvalue weighted by atomic mass is 10.0. The van der Waals surface area contributed by atoms with Gasteiger partial charge in [0.05, 0.1) is 6.20 Å². The van der Waals surface area contributed by atoms with E-state index < -0.39 is 0 Å². The molecule has 1 heterocycles. The Morgan fingerprint density at radius 1 is 1.41 bits per heavy atom. The van der Waals surface area contributed by atoms with Crippen molar-refractivity contribution in [1.82, 2.24) is 15.1 Å². The summed E-state index contributed by atoms with van der Waals surface area (Å²) in [7, 11) is 0. The molecule has 0 aliphatic heterocycles. The number of halogens is 1. The number of nitrogens with zero attached hydrogens (tertiary/aromatic N) is 2. The van der Waals surface area contributed by atoms with Crippen molar-refractivity contribution >= 4 is 11.6 Å². The maximum absolute atomic E-state index is 5.81. The van der Waals surface area contributed by atoms with Gasteiger partial charge in [-0.15, -0.1) is 11.6 Å². The summed E-state index contributed by atoms with van der Waals surface area (Å²) in [6.07, 6.45) is 7.64. The zero-order valence-corrected chi connectivity index (χ0v) is 11.7. The molecule has 0 spiro atoms. The van der Waals surface area contributed by atoms with Crippen molar-refractivity contribution in [1.29, 1.82) is 0 Å². The zero-order valence-electron chi connectivity index (χ0n) is 11.0. The van der Waals surface area contributed by atoms with E-state index in [9.17, 15) is 0 Å². The molecule has 0 amide bonds. The van der Waals surface area contributed by atoms with Gasteiger partial charge in [-0.25, -0.2) is 0 Å². The summed E-state index contributed by atoms with van der Waals surface area (Å²) in [6, 6.07) is 0. The summed E-state index contributed by atoms with van der Waals surface area (Å²) < 4.78 is 1.96. The van der Waals surface area contributed by atoms with Gasteiger partial charge in [0.25, 0.3) is 0 Å². The normalized spacial score (nSPS) is 12.9. The van der Waals surface area contributed by atoms with Crippen LogP contribution in [0.3, 0.4) is 0 Å². The Bertz CT molecular complexity index is 293. The Balaban J connectivity index is 2.24. The van der Waals surface area contributed by atoms with Crippen molar-refractivity contribution in [2.24, 2.45) is 5.92 Å². The summed E-state index contributed by atoms with van der Waals surface area (Å²) in [4.78, 5) is 0. The van der Waals surface area contributed by atoms with Gasteiger partial charge in [0.1, 0.15) is 0 Å². The Morgan fingerprint density at radius 2 is 2.24 bits per heavy atom. The van der Waals surface area contributed by atoms with Gasteiger partial charge in [-0.1, -0.05) is 13.3 Å². The van der Waals surface area contributed by atoms with Crippen LogP contribution in [0.4, 0.5) is 0 Å². The molecule has 98 valence electrons. The van der Waals surface area contributed by atoms with Gasteiger partial charge in [0.2, 0.25) is 0 Å². The molecule has 0 aliphatic carbocycles. The van der Waals surface area contributed by atoms with E-state index in [2.05, 4.69) is 30.5 Å². The van der Waals surface area contributed by atoms with E-state index in [1.807, 2.05) is 10.9 Å². The summed E-state index contributed by atoms with van der Waals surface area (Å²) >= 11 is 5.81. The first-order chi connectivity index (χ1) is 8.30. The molecule has 1 N–H and O–H groups in total. The molecular formula is C13H24ClN3. The summed E-state index contributed by atoms with van der Waals surface area (Å²) in [5.74, 6) is 1.47. The highest BCUT2D eigenvalue weighted by Crippen LogP contribution is 2.11. The van der Waals surface area contributed by atoms with Gasteiger partial charge in [-0.2, -0.15) is 5.10 Å². The molecule has 1 unspecified atom stereocenters. The van der Waals surface area contributed by atoms with Crippen LogP contribution in [0.5, 0.6) is 0 Å². The number of alkyl halides is 1. The van der Waals surface area contributed by atoms with Crippen LogP contribution in [0.2, 0.25) is 0 Å². The van der Waals surface area contributed by atoms with Crippen LogP contribution in [-0.4, -0.2) is 22.2 Å². The van der Waals surface area contributed by atoms with E-state index in [0.717, 1.165) is 31.9 Å². The van der Waals surface area contributed by atoms with Gasteiger partial charge in [-0.05, 0) is 32.2 Å². The van der Waals surface area contributed by atoms with Crippen LogP contribution in [0.25, 0.3) is 0 Å². The van der Waals surface area contributed by atoms with Crippen LogP contribution in [0, 0.1) is 5.92 Å². The van der Waals surface area contributed by atoms with Gasteiger partial charge in [-0.3, -0.25) is 4.68 Å². The molecule has 1 aromatic rings. The van der Waals surface area contributed by atoms with Crippen LogP contribution in [0.1, 0.15) is 38.7 Å². The maximum atomic E-state index is 5.81. The van der Waals surface area contributed by atoms with Crippen molar-refractivity contribution in [3.63, 3.8) is 0 Å². The second kappa shape index (κ2) is 8.54. The fourth-order valence-electron chi connectivity index (χ4n) is 2.00. The highest BCUT2D eigenvalue weighted by molar-refractivity contribution is 6.17. The Kier molecular flexibility index (Phi) is 7.29. The third kappa shape index (κ3) is 5.55. The number of hydrogen-bond acceptors (Lipinski definition) is 2. The van der Waals surface area contributed by atoms with Crippen LogP contribution in [-0.2, 0) is 13.1 Å². The molecule has 0 saturated heterocycles. The lowest BCUT2D eigenvalue weighted by molar-refractivity contribution is 0.430.